The van der Waals surface area contributed by atoms with E-state index in [1.807, 2.05) is 19.3 Å². The van der Waals surface area contributed by atoms with Gasteiger partial charge in [-0.3, -0.25) is 14.5 Å². The molecule has 0 bridgehead atoms. The van der Waals surface area contributed by atoms with Crippen molar-refractivity contribution in [2.24, 2.45) is 12.8 Å². The molecule has 2 aromatic heterocycles. The third kappa shape index (κ3) is 2.08. The maximum Gasteiger partial charge on any atom is 0.250 e. The highest BCUT2D eigenvalue weighted by molar-refractivity contribution is 5.93. The molecule has 0 fully saturated rings. The zero-order valence-corrected chi connectivity index (χ0v) is 8.92. The normalized spacial score (nSPS) is 10.3. The molecule has 82 valence electrons. The predicted octanol–water partition coefficient (Wildman–Crippen LogP) is 0.505. The highest BCUT2D eigenvalue weighted by atomic mass is 16.1. The third-order valence-electron chi connectivity index (χ3n) is 2.27. The van der Waals surface area contributed by atoms with Gasteiger partial charge in [-0.15, -0.1) is 0 Å². The largest absolute Gasteiger partial charge is 0.366 e. The van der Waals surface area contributed by atoms with Gasteiger partial charge in [0, 0.05) is 25.9 Å². The van der Waals surface area contributed by atoms with Crippen LogP contribution in [0, 0.1) is 0 Å². The van der Waals surface area contributed by atoms with Crippen LogP contribution in [-0.4, -0.2) is 20.7 Å². The summed E-state index contributed by atoms with van der Waals surface area (Å²) in [5.74, 6) is -0.459. The van der Waals surface area contributed by atoms with E-state index in [2.05, 4.69) is 10.1 Å². The summed E-state index contributed by atoms with van der Waals surface area (Å²) < 4.78 is 1.71. The topological polar surface area (TPSA) is 73.8 Å². The molecule has 0 radical (unpaired) electrons. The third-order valence-corrected chi connectivity index (χ3v) is 2.27. The van der Waals surface area contributed by atoms with Crippen LogP contribution in [0.1, 0.15) is 21.7 Å². The van der Waals surface area contributed by atoms with Crippen molar-refractivity contribution in [2.45, 2.75) is 6.42 Å². The van der Waals surface area contributed by atoms with Gasteiger partial charge in [0.1, 0.15) is 0 Å². The molecule has 0 aromatic carbocycles. The highest BCUT2D eigenvalue weighted by Gasteiger charge is 2.10. The number of hydrogen-bond donors (Lipinski definition) is 1. The zero-order chi connectivity index (χ0) is 11.5. The number of nitrogens with two attached hydrogens (primary N) is 1. The van der Waals surface area contributed by atoms with Gasteiger partial charge in [0.05, 0.1) is 17.0 Å². The van der Waals surface area contributed by atoms with Crippen LogP contribution >= 0.6 is 0 Å². The molecule has 0 aliphatic rings. The van der Waals surface area contributed by atoms with Crippen molar-refractivity contribution >= 4 is 5.91 Å². The monoisotopic (exact) mass is 216 g/mol. The quantitative estimate of drug-likeness (QED) is 0.812. The van der Waals surface area contributed by atoms with E-state index in [1.165, 1.54) is 0 Å². The molecular formula is C11H12N4O. The summed E-state index contributed by atoms with van der Waals surface area (Å²) in [6.07, 6.45) is 4.01. The minimum absolute atomic E-state index is 0.452. The van der Waals surface area contributed by atoms with Crippen LogP contribution in [0.4, 0.5) is 0 Å². The predicted molar refractivity (Wildman–Crippen MR) is 58.8 cm³/mol. The molecule has 0 saturated heterocycles. The molecule has 0 aliphatic heterocycles. The van der Waals surface area contributed by atoms with Gasteiger partial charge >= 0.3 is 0 Å². The minimum atomic E-state index is -0.459. The second kappa shape index (κ2) is 4.14. The van der Waals surface area contributed by atoms with Gasteiger partial charge in [-0.1, -0.05) is 0 Å². The number of primary amides is 1. The fourth-order valence-electron chi connectivity index (χ4n) is 1.53. The molecule has 0 aliphatic carbocycles. The first kappa shape index (κ1) is 10.4. The Kier molecular flexibility index (Phi) is 2.68. The lowest BCUT2D eigenvalue weighted by molar-refractivity contribution is 0.0999. The average Bonchev–Trinajstić information content (AvgIpc) is 2.64. The zero-order valence-electron chi connectivity index (χ0n) is 8.92. The molecule has 0 atom stereocenters. The number of aromatic nitrogens is 3. The molecule has 5 nitrogen and oxygen atoms in total. The van der Waals surface area contributed by atoms with Gasteiger partial charge in [0.25, 0.3) is 5.91 Å². The molecule has 5 heteroatoms. The van der Waals surface area contributed by atoms with Crippen molar-refractivity contribution in [3.63, 3.8) is 0 Å². The number of hydrogen-bond acceptors (Lipinski definition) is 3. The first-order valence-electron chi connectivity index (χ1n) is 4.89. The summed E-state index contributed by atoms with van der Waals surface area (Å²) >= 11 is 0. The Hall–Kier alpha value is -2.17. The smallest absolute Gasteiger partial charge is 0.250 e. The lowest BCUT2D eigenvalue weighted by Crippen LogP contribution is -2.15. The standard InChI is InChI=1S/C11H12N4O/c1-15-6-4-8(14-15)7-10-9(11(12)16)3-2-5-13-10/h2-6H,7H2,1H3,(H2,12,16). The lowest BCUT2D eigenvalue weighted by Gasteiger charge is -2.02. The van der Waals surface area contributed by atoms with Crippen LogP contribution in [0.3, 0.4) is 0 Å². The van der Waals surface area contributed by atoms with Crippen LogP contribution in [-0.2, 0) is 13.5 Å². The number of aryl methyl sites for hydroxylation is 1. The van der Waals surface area contributed by atoms with Crippen LogP contribution in [0.25, 0.3) is 0 Å². The van der Waals surface area contributed by atoms with Crippen molar-refractivity contribution in [3.05, 3.63) is 47.5 Å². The van der Waals surface area contributed by atoms with E-state index in [4.69, 9.17) is 5.73 Å². The molecule has 0 unspecified atom stereocenters. The van der Waals surface area contributed by atoms with Crippen molar-refractivity contribution < 1.29 is 4.79 Å². The fourth-order valence-corrected chi connectivity index (χ4v) is 1.53. The van der Waals surface area contributed by atoms with E-state index < -0.39 is 5.91 Å². The summed E-state index contributed by atoms with van der Waals surface area (Å²) in [5, 5.41) is 4.23. The molecule has 2 aromatic rings. The number of carbonyl (C=O) groups excluding carboxylic acids is 1. The Morgan fingerprint density at radius 3 is 2.94 bits per heavy atom. The maximum absolute atomic E-state index is 11.2. The van der Waals surface area contributed by atoms with Crippen molar-refractivity contribution in [1.82, 2.24) is 14.8 Å². The van der Waals surface area contributed by atoms with Crippen LogP contribution in [0.15, 0.2) is 30.6 Å². The van der Waals surface area contributed by atoms with Crippen LogP contribution < -0.4 is 5.73 Å². The lowest BCUT2D eigenvalue weighted by atomic mass is 10.1. The molecule has 2 N–H and O–H groups in total. The Morgan fingerprint density at radius 2 is 2.31 bits per heavy atom. The van der Waals surface area contributed by atoms with E-state index in [0.29, 0.717) is 17.7 Å². The molecular weight excluding hydrogens is 204 g/mol. The summed E-state index contributed by atoms with van der Waals surface area (Å²) in [5.41, 5.74) is 7.25. The summed E-state index contributed by atoms with van der Waals surface area (Å²) in [4.78, 5) is 15.3. The second-order valence-electron chi connectivity index (χ2n) is 3.52. The SMILES string of the molecule is Cn1ccc(Cc2ncccc2C(N)=O)n1. The molecule has 0 spiro atoms. The van der Waals surface area contributed by atoms with E-state index in [-0.39, 0.29) is 0 Å². The number of amides is 1. The number of carbonyl (C=O) groups is 1. The molecule has 16 heavy (non-hydrogen) atoms. The van der Waals surface area contributed by atoms with Gasteiger partial charge < -0.3 is 5.73 Å². The maximum atomic E-state index is 11.2. The molecule has 1 amide bonds. The van der Waals surface area contributed by atoms with E-state index in [0.717, 1.165) is 5.69 Å². The summed E-state index contributed by atoms with van der Waals surface area (Å²) in [6.45, 7) is 0. The number of pyridine rings is 1. The first-order chi connectivity index (χ1) is 7.66. The highest BCUT2D eigenvalue weighted by Crippen LogP contribution is 2.09. The Bertz CT molecular complexity index is 518. The first-order valence-corrected chi connectivity index (χ1v) is 4.89. The number of nitrogens with zero attached hydrogens (tertiary/aromatic N) is 3. The van der Waals surface area contributed by atoms with E-state index in [1.54, 1.807) is 23.0 Å². The van der Waals surface area contributed by atoms with Crippen molar-refractivity contribution in [2.75, 3.05) is 0 Å². The molecule has 0 saturated carbocycles. The van der Waals surface area contributed by atoms with Gasteiger partial charge in [0.2, 0.25) is 0 Å². The van der Waals surface area contributed by atoms with Gasteiger partial charge in [-0.2, -0.15) is 5.10 Å². The van der Waals surface area contributed by atoms with Crippen LogP contribution in [0.5, 0.6) is 0 Å². The van der Waals surface area contributed by atoms with Gasteiger partial charge in [-0.25, -0.2) is 0 Å². The minimum Gasteiger partial charge on any atom is -0.366 e. The van der Waals surface area contributed by atoms with Gasteiger partial charge in [-0.05, 0) is 18.2 Å². The Labute approximate surface area is 92.9 Å². The molecule has 2 heterocycles. The fraction of sp³-hybridized carbons (Fsp3) is 0.182. The van der Waals surface area contributed by atoms with Crippen molar-refractivity contribution in [3.8, 4) is 0 Å². The van der Waals surface area contributed by atoms with Gasteiger partial charge in [0.15, 0.2) is 0 Å². The number of rotatable bonds is 3. The van der Waals surface area contributed by atoms with Crippen LogP contribution in [0.2, 0.25) is 0 Å². The Balaban J connectivity index is 2.31. The summed E-state index contributed by atoms with van der Waals surface area (Å²) in [6, 6.07) is 5.26. The average molecular weight is 216 g/mol. The second-order valence-corrected chi connectivity index (χ2v) is 3.52. The van der Waals surface area contributed by atoms with E-state index in [9.17, 15) is 4.79 Å². The summed E-state index contributed by atoms with van der Waals surface area (Å²) in [7, 11) is 1.84. The Morgan fingerprint density at radius 1 is 1.50 bits per heavy atom. The van der Waals surface area contributed by atoms with E-state index >= 15 is 0 Å². The van der Waals surface area contributed by atoms with Crippen molar-refractivity contribution in [1.29, 1.82) is 0 Å². The molecule has 2 rings (SSSR count).